The molecule has 3 N–H and O–H groups in total. The van der Waals surface area contributed by atoms with Gasteiger partial charge < -0.3 is 4.48 Å². The van der Waals surface area contributed by atoms with Crippen molar-refractivity contribution in [2.75, 3.05) is 12.3 Å². The van der Waals surface area contributed by atoms with Crippen molar-refractivity contribution in [3.8, 4) is 0 Å². The third kappa shape index (κ3) is 4.81. The molecule has 1 aromatic rings. The normalized spacial score (nSPS) is 16.1. The molecule has 5 heteroatoms. The molecule has 0 heterocycles. The number of quaternary nitrogens is 1. The first-order valence-corrected chi connectivity index (χ1v) is 12.0. The summed E-state index contributed by atoms with van der Waals surface area (Å²) in [4.78, 5) is 0.331. The molecule has 0 aliphatic rings. The van der Waals surface area contributed by atoms with Gasteiger partial charge in [-0.15, -0.1) is 9.53 Å². The number of rotatable bonds is 5. The van der Waals surface area contributed by atoms with Crippen molar-refractivity contribution in [3.05, 3.63) is 29.8 Å². The molecule has 1 aromatic carbocycles. The zero-order chi connectivity index (χ0) is 21.6. The van der Waals surface area contributed by atoms with Crippen LogP contribution in [0.25, 0.3) is 0 Å². The van der Waals surface area contributed by atoms with Crippen LogP contribution in [0.1, 0.15) is 74.3 Å². The van der Waals surface area contributed by atoms with Gasteiger partial charge in [0.2, 0.25) is 0 Å². The average molecular weight is 400 g/mol. The van der Waals surface area contributed by atoms with Crippen molar-refractivity contribution in [2.45, 2.75) is 97.2 Å². The third-order valence-electron chi connectivity index (χ3n) is 5.99. The van der Waals surface area contributed by atoms with E-state index in [1.54, 1.807) is 12.1 Å². The van der Waals surface area contributed by atoms with E-state index in [9.17, 15) is 8.76 Å². The molecule has 27 heavy (non-hydrogen) atoms. The number of aryl methyl sites for hydroxylation is 1. The Morgan fingerprint density at radius 2 is 1.26 bits per heavy atom. The fraction of sp³-hybridized carbons (Fsp3) is 0.727. The SMILES string of the molecule is Cc1ccc(S(N)(=O)(O)CCC[N+](C(C)(C)C)(C(C)(C)C)C(C)(C)C)cc1. The molecule has 4 nitrogen and oxygen atoms in total. The minimum Gasteiger partial charge on any atom is -0.311 e. The van der Waals surface area contributed by atoms with Crippen LogP contribution in [0.2, 0.25) is 0 Å². The summed E-state index contributed by atoms with van der Waals surface area (Å²) in [5.74, 6) is 0.0719. The van der Waals surface area contributed by atoms with Crippen molar-refractivity contribution in [1.82, 2.24) is 0 Å². The van der Waals surface area contributed by atoms with Gasteiger partial charge in [0.25, 0.3) is 0 Å². The van der Waals surface area contributed by atoms with Crippen LogP contribution >= 0.6 is 0 Å². The maximum absolute atomic E-state index is 13.3. The van der Waals surface area contributed by atoms with Crippen LogP contribution in [0.15, 0.2) is 29.2 Å². The molecule has 0 saturated heterocycles. The molecule has 0 bridgehead atoms. The number of hydrogen-bond acceptors (Lipinski definition) is 1. The van der Waals surface area contributed by atoms with Gasteiger partial charge in [0.1, 0.15) is 0 Å². The first kappa shape index (κ1) is 24.3. The minimum absolute atomic E-state index is 0.0265. The van der Waals surface area contributed by atoms with E-state index >= 15 is 0 Å². The van der Waals surface area contributed by atoms with Gasteiger partial charge in [-0.1, -0.05) is 17.7 Å². The molecule has 158 valence electrons. The van der Waals surface area contributed by atoms with Gasteiger partial charge in [-0.2, -0.15) is 4.21 Å². The molecule has 0 unspecified atom stereocenters. The van der Waals surface area contributed by atoms with Crippen molar-refractivity contribution in [2.24, 2.45) is 5.14 Å². The third-order valence-corrected chi connectivity index (χ3v) is 8.35. The molecule has 0 aliphatic heterocycles. The van der Waals surface area contributed by atoms with Crippen LogP contribution in [0.3, 0.4) is 0 Å². The largest absolute Gasteiger partial charge is 0.311 e. The van der Waals surface area contributed by atoms with Gasteiger partial charge >= 0.3 is 0 Å². The van der Waals surface area contributed by atoms with Crippen LogP contribution in [0.4, 0.5) is 0 Å². The molecule has 0 saturated carbocycles. The molecule has 1 rings (SSSR count). The molecular formula is C22H43N2O2S+. The summed E-state index contributed by atoms with van der Waals surface area (Å²) in [5.41, 5.74) is 0.967. The Bertz CT molecular complexity index is 675. The van der Waals surface area contributed by atoms with E-state index < -0.39 is 9.53 Å². The van der Waals surface area contributed by atoms with Crippen molar-refractivity contribution in [1.29, 1.82) is 0 Å². The molecule has 0 atom stereocenters. The Morgan fingerprint density at radius 1 is 0.889 bits per heavy atom. The Morgan fingerprint density at radius 3 is 1.59 bits per heavy atom. The maximum Gasteiger partial charge on any atom is 0.0915 e. The van der Waals surface area contributed by atoms with E-state index in [4.69, 9.17) is 5.14 Å². The zero-order valence-electron chi connectivity index (χ0n) is 19.2. The summed E-state index contributed by atoms with van der Waals surface area (Å²) < 4.78 is 25.0. The lowest BCUT2D eigenvalue weighted by atomic mass is 9.81. The number of hydrogen-bond donors (Lipinski definition) is 2. The smallest absolute Gasteiger partial charge is 0.0915 e. The van der Waals surface area contributed by atoms with E-state index in [2.05, 4.69) is 62.3 Å². The molecule has 0 radical (unpaired) electrons. The molecule has 0 aliphatic carbocycles. The summed E-state index contributed by atoms with van der Waals surface area (Å²) in [7, 11) is -4.34. The van der Waals surface area contributed by atoms with Gasteiger partial charge in [0.05, 0.1) is 33.8 Å². The lowest BCUT2D eigenvalue weighted by Crippen LogP contribution is -2.77. The van der Waals surface area contributed by atoms with Crippen LogP contribution in [-0.2, 0) is 9.53 Å². The lowest BCUT2D eigenvalue weighted by Gasteiger charge is -2.64. The molecule has 0 fully saturated rings. The monoisotopic (exact) mass is 399 g/mol. The van der Waals surface area contributed by atoms with Crippen LogP contribution < -0.4 is 5.14 Å². The van der Waals surface area contributed by atoms with E-state index in [0.29, 0.717) is 11.3 Å². The van der Waals surface area contributed by atoms with E-state index in [0.717, 1.165) is 16.6 Å². The highest BCUT2D eigenvalue weighted by molar-refractivity contribution is 8.13. The highest BCUT2D eigenvalue weighted by atomic mass is 32.3. The van der Waals surface area contributed by atoms with Crippen LogP contribution in [0.5, 0.6) is 0 Å². The van der Waals surface area contributed by atoms with E-state index in [-0.39, 0.29) is 22.4 Å². The minimum atomic E-state index is -4.34. The molecule has 0 spiro atoms. The van der Waals surface area contributed by atoms with Gasteiger partial charge in [-0.05, 0) is 81.4 Å². The van der Waals surface area contributed by atoms with Gasteiger partial charge in [0.15, 0.2) is 0 Å². The molecular weight excluding hydrogens is 356 g/mol. The predicted molar refractivity (Wildman–Crippen MR) is 118 cm³/mol. The van der Waals surface area contributed by atoms with E-state index in [1.165, 1.54) is 0 Å². The summed E-state index contributed by atoms with van der Waals surface area (Å²) in [6.07, 6.45) is 0.581. The second-order valence-corrected chi connectivity index (χ2v) is 14.2. The van der Waals surface area contributed by atoms with Crippen LogP contribution in [0, 0.1) is 6.92 Å². The summed E-state index contributed by atoms with van der Waals surface area (Å²) in [6.45, 7) is 23.1. The number of nitrogens with zero attached hydrogens (tertiary/aromatic N) is 1. The summed E-state index contributed by atoms with van der Waals surface area (Å²) in [6, 6.07) is 7.05. The van der Waals surface area contributed by atoms with Crippen LogP contribution in [-0.4, -0.2) is 42.2 Å². The standard InChI is InChI=1S/C22H42N2O2S/c1-18-12-14-19(15-13-18)27(23,25,26)17-11-16-24(20(2,3)4,21(5,6)7)22(8,9)10/h12-15H,11,16-17H2,1-10H3,(H2-,23,25,26)/p+1. The summed E-state index contributed by atoms with van der Waals surface area (Å²) >= 11 is 0. The second-order valence-electron chi connectivity index (χ2n) is 11.0. The topological polar surface area (TPSA) is 63.3 Å². The van der Waals surface area contributed by atoms with Crippen molar-refractivity contribution < 1.29 is 13.2 Å². The van der Waals surface area contributed by atoms with Crippen molar-refractivity contribution >= 4 is 9.53 Å². The average Bonchev–Trinajstić information content (AvgIpc) is 2.39. The predicted octanol–water partition coefficient (Wildman–Crippen LogP) is 5.12. The summed E-state index contributed by atoms with van der Waals surface area (Å²) in [5, 5.41) is 6.09. The number of benzene rings is 1. The fourth-order valence-corrected chi connectivity index (χ4v) is 7.19. The lowest BCUT2D eigenvalue weighted by molar-refractivity contribution is -1.05. The Hall–Kier alpha value is -0.750. The molecule has 0 amide bonds. The first-order chi connectivity index (χ1) is 11.7. The Labute approximate surface area is 167 Å². The highest BCUT2D eigenvalue weighted by Crippen LogP contribution is 2.44. The Kier molecular flexibility index (Phi) is 6.24. The Balaban J connectivity index is 3.24. The van der Waals surface area contributed by atoms with Crippen molar-refractivity contribution in [3.63, 3.8) is 0 Å². The van der Waals surface area contributed by atoms with Gasteiger partial charge in [-0.25, -0.2) is 5.14 Å². The second kappa shape index (κ2) is 6.94. The quantitative estimate of drug-likeness (QED) is 0.675. The van der Waals surface area contributed by atoms with E-state index in [1.807, 2.05) is 19.1 Å². The fourth-order valence-electron chi connectivity index (χ4n) is 5.55. The first-order valence-electron chi connectivity index (χ1n) is 9.89. The zero-order valence-corrected chi connectivity index (χ0v) is 20.0. The van der Waals surface area contributed by atoms with Gasteiger partial charge in [0, 0.05) is 6.42 Å². The molecule has 0 aromatic heterocycles. The highest BCUT2D eigenvalue weighted by Gasteiger charge is 2.56. The maximum atomic E-state index is 13.3. The number of nitrogens with two attached hydrogens (primary N) is 1. The van der Waals surface area contributed by atoms with Gasteiger partial charge in [-0.3, -0.25) is 4.55 Å².